The molecule has 8 heteroatoms. The Kier molecular flexibility index (Phi) is 6.61. The van der Waals surface area contributed by atoms with Crippen molar-refractivity contribution in [3.8, 4) is 0 Å². The van der Waals surface area contributed by atoms with Crippen molar-refractivity contribution in [1.82, 2.24) is 4.90 Å². The Balaban J connectivity index is 1.60. The fourth-order valence-electron chi connectivity index (χ4n) is 3.14. The van der Waals surface area contributed by atoms with Crippen LogP contribution in [0.15, 0.2) is 83.9 Å². The molecule has 4 rings (SSSR count). The number of hydrogen-bond donors (Lipinski definition) is 1. The Morgan fingerprint density at radius 2 is 1.59 bits per heavy atom. The first-order valence-corrected chi connectivity index (χ1v) is 10.8. The van der Waals surface area contributed by atoms with Gasteiger partial charge in [-0.3, -0.25) is 14.5 Å². The second kappa shape index (κ2) is 9.74. The molecular weight excluding hydrogens is 432 g/mol. The number of amides is 2. The van der Waals surface area contributed by atoms with Gasteiger partial charge in [-0.25, -0.2) is 13.8 Å². The van der Waals surface area contributed by atoms with E-state index < -0.39 is 11.1 Å². The zero-order valence-corrected chi connectivity index (χ0v) is 17.7. The summed E-state index contributed by atoms with van der Waals surface area (Å²) in [7, 11) is 0. The lowest BCUT2D eigenvalue weighted by Gasteiger charge is -2.32. The molecule has 1 aliphatic heterocycles. The maximum absolute atomic E-state index is 13.3. The van der Waals surface area contributed by atoms with E-state index in [0.717, 1.165) is 5.56 Å². The average Bonchev–Trinajstić information content (AvgIpc) is 2.79. The van der Waals surface area contributed by atoms with Gasteiger partial charge in [0.05, 0.1) is 12.2 Å². The standard InChI is InChI=1S/C24H19F2N3O2S/c25-17-8-6-16(7-9-17)15-29-22(30)14-21(23(31)27-19-4-2-1-3-5-19)32-24(29)28-20-12-10-18(26)11-13-20/h1-13,21H,14-15H2,(H,27,31). The van der Waals surface area contributed by atoms with E-state index in [1.54, 1.807) is 36.4 Å². The summed E-state index contributed by atoms with van der Waals surface area (Å²) in [6.45, 7) is 0.180. The minimum Gasteiger partial charge on any atom is -0.325 e. The SMILES string of the molecule is O=C(Nc1ccccc1)C1CC(=O)N(Cc2ccc(F)cc2)C(=Nc2ccc(F)cc2)S1. The highest BCUT2D eigenvalue weighted by Crippen LogP contribution is 2.31. The van der Waals surface area contributed by atoms with E-state index in [2.05, 4.69) is 10.3 Å². The number of thioether (sulfide) groups is 1. The van der Waals surface area contributed by atoms with Gasteiger partial charge < -0.3 is 5.32 Å². The van der Waals surface area contributed by atoms with Crippen LogP contribution in [0.25, 0.3) is 0 Å². The fraction of sp³-hybridized carbons (Fsp3) is 0.125. The minimum absolute atomic E-state index is 0.00698. The smallest absolute Gasteiger partial charge is 0.238 e. The number of amidine groups is 1. The van der Waals surface area contributed by atoms with Gasteiger partial charge in [0.25, 0.3) is 0 Å². The van der Waals surface area contributed by atoms with Crippen molar-refractivity contribution in [3.05, 3.63) is 96.1 Å². The molecule has 0 radical (unpaired) electrons. The van der Waals surface area contributed by atoms with E-state index in [1.807, 2.05) is 6.07 Å². The van der Waals surface area contributed by atoms with Crippen LogP contribution in [0.1, 0.15) is 12.0 Å². The molecule has 1 heterocycles. The lowest BCUT2D eigenvalue weighted by molar-refractivity contribution is -0.129. The molecule has 1 atom stereocenters. The van der Waals surface area contributed by atoms with Crippen molar-refractivity contribution in [2.75, 3.05) is 5.32 Å². The third-order valence-corrected chi connectivity index (χ3v) is 5.97. The molecule has 0 saturated carbocycles. The first-order chi connectivity index (χ1) is 15.5. The highest BCUT2D eigenvalue weighted by atomic mass is 32.2. The van der Waals surface area contributed by atoms with E-state index in [4.69, 9.17) is 0 Å². The number of carbonyl (C=O) groups excluding carboxylic acids is 2. The summed E-state index contributed by atoms with van der Waals surface area (Å²) in [5, 5.41) is 2.47. The predicted octanol–water partition coefficient (Wildman–Crippen LogP) is 5.13. The minimum atomic E-state index is -0.675. The lowest BCUT2D eigenvalue weighted by Crippen LogP contribution is -2.44. The van der Waals surface area contributed by atoms with Crippen molar-refractivity contribution in [1.29, 1.82) is 0 Å². The van der Waals surface area contributed by atoms with Gasteiger partial charge in [-0.15, -0.1) is 0 Å². The molecule has 1 saturated heterocycles. The van der Waals surface area contributed by atoms with Crippen LogP contribution in [-0.4, -0.2) is 27.1 Å². The molecule has 2 amide bonds. The summed E-state index contributed by atoms with van der Waals surface area (Å²) in [5.74, 6) is -1.35. The molecule has 1 aliphatic rings. The van der Waals surface area contributed by atoms with Crippen LogP contribution in [-0.2, 0) is 16.1 Å². The van der Waals surface area contributed by atoms with Gasteiger partial charge in [0.15, 0.2) is 5.17 Å². The topological polar surface area (TPSA) is 61.8 Å². The molecule has 1 fully saturated rings. The maximum Gasteiger partial charge on any atom is 0.238 e. The summed E-state index contributed by atoms with van der Waals surface area (Å²) in [4.78, 5) is 31.8. The zero-order chi connectivity index (χ0) is 22.5. The first kappa shape index (κ1) is 21.7. The second-order valence-corrected chi connectivity index (χ2v) is 8.31. The van der Waals surface area contributed by atoms with Crippen molar-refractivity contribution >= 4 is 40.1 Å². The number of aliphatic imine (C=N–C) groups is 1. The van der Waals surface area contributed by atoms with E-state index in [0.29, 0.717) is 16.5 Å². The van der Waals surface area contributed by atoms with Crippen molar-refractivity contribution in [2.45, 2.75) is 18.2 Å². The number of carbonyl (C=O) groups is 2. The second-order valence-electron chi connectivity index (χ2n) is 7.14. The molecule has 0 aliphatic carbocycles. The third kappa shape index (κ3) is 5.39. The van der Waals surface area contributed by atoms with Crippen LogP contribution < -0.4 is 5.32 Å². The molecule has 1 N–H and O–H groups in total. The quantitative estimate of drug-likeness (QED) is 0.585. The van der Waals surface area contributed by atoms with Crippen molar-refractivity contribution < 1.29 is 18.4 Å². The number of benzene rings is 3. The molecule has 0 spiro atoms. The summed E-state index contributed by atoms with van der Waals surface area (Å²) in [5.41, 5.74) is 1.81. The molecule has 5 nitrogen and oxygen atoms in total. The highest BCUT2D eigenvalue weighted by Gasteiger charge is 2.36. The largest absolute Gasteiger partial charge is 0.325 e. The number of para-hydroxylation sites is 1. The average molecular weight is 451 g/mol. The van der Waals surface area contributed by atoms with E-state index in [-0.39, 0.29) is 30.6 Å². The van der Waals surface area contributed by atoms with Crippen LogP contribution >= 0.6 is 11.8 Å². The van der Waals surface area contributed by atoms with Crippen molar-refractivity contribution in [2.24, 2.45) is 4.99 Å². The summed E-state index contributed by atoms with van der Waals surface area (Å²) in [6, 6.07) is 20.4. The molecule has 3 aromatic rings. The fourth-order valence-corrected chi connectivity index (χ4v) is 4.24. The van der Waals surface area contributed by atoms with Gasteiger partial charge in [0, 0.05) is 12.1 Å². The first-order valence-electron chi connectivity index (χ1n) is 9.89. The molecule has 162 valence electrons. The van der Waals surface area contributed by atoms with E-state index >= 15 is 0 Å². The number of anilines is 1. The molecule has 0 aromatic heterocycles. The number of hydrogen-bond acceptors (Lipinski definition) is 4. The van der Waals surface area contributed by atoms with E-state index in [9.17, 15) is 18.4 Å². The molecule has 32 heavy (non-hydrogen) atoms. The number of nitrogens with one attached hydrogen (secondary N) is 1. The maximum atomic E-state index is 13.3. The number of nitrogens with zero attached hydrogens (tertiary/aromatic N) is 2. The normalized spacial score (nSPS) is 17.4. The lowest BCUT2D eigenvalue weighted by atomic mass is 10.2. The van der Waals surface area contributed by atoms with Gasteiger partial charge in [0.2, 0.25) is 11.8 Å². The Labute approximate surface area is 188 Å². The summed E-state index contributed by atoms with van der Waals surface area (Å²) in [6.07, 6.45) is -0.00698. The summed E-state index contributed by atoms with van der Waals surface area (Å²) < 4.78 is 26.6. The van der Waals surface area contributed by atoms with E-state index in [1.165, 1.54) is 53.1 Å². The predicted molar refractivity (Wildman–Crippen MR) is 122 cm³/mol. The van der Waals surface area contributed by atoms with Crippen LogP contribution in [0, 0.1) is 11.6 Å². The van der Waals surface area contributed by atoms with Crippen LogP contribution in [0.3, 0.4) is 0 Å². The zero-order valence-electron chi connectivity index (χ0n) is 16.9. The summed E-state index contributed by atoms with van der Waals surface area (Å²) >= 11 is 1.17. The molecule has 1 unspecified atom stereocenters. The monoisotopic (exact) mass is 451 g/mol. The Bertz CT molecular complexity index is 1140. The van der Waals surface area contributed by atoms with Crippen molar-refractivity contribution in [3.63, 3.8) is 0 Å². The highest BCUT2D eigenvalue weighted by molar-refractivity contribution is 8.15. The van der Waals surface area contributed by atoms with Gasteiger partial charge in [-0.1, -0.05) is 42.1 Å². The Morgan fingerprint density at radius 1 is 0.969 bits per heavy atom. The Morgan fingerprint density at radius 3 is 2.25 bits per heavy atom. The molecule has 0 bridgehead atoms. The molecule has 3 aromatic carbocycles. The Hall–Kier alpha value is -3.52. The third-order valence-electron chi connectivity index (χ3n) is 4.78. The van der Waals surface area contributed by atoms with Crippen LogP contribution in [0.4, 0.5) is 20.2 Å². The van der Waals surface area contributed by atoms with Gasteiger partial charge in [-0.05, 0) is 54.1 Å². The van der Waals surface area contributed by atoms with Crippen LogP contribution in [0.2, 0.25) is 0 Å². The van der Waals surface area contributed by atoms with Gasteiger partial charge in [-0.2, -0.15) is 0 Å². The van der Waals surface area contributed by atoms with Gasteiger partial charge in [0.1, 0.15) is 16.9 Å². The van der Waals surface area contributed by atoms with Crippen LogP contribution in [0.5, 0.6) is 0 Å². The molecular formula is C24H19F2N3O2S. The number of halogens is 2. The van der Waals surface area contributed by atoms with Gasteiger partial charge >= 0.3 is 0 Å². The number of rotatable bonds is 5.